The zero-order valence-corrected chi connectivity index (χ0v) is 14.3. The summed E-state index contributed by atoms with van der Waals surface area (Å²) in [6.45, 7) is 0. The van der Waals surface area contributed by atoms with Crippen molar-refractivity contribution in [2.45, 2.75) is 0 Å². The Morgan fingerprint density at radius 2 is 1.88 bits per heavy atom. The summed E-state index contributed by atoms with van der Waals surface area (Å²) in [5.74, 6) is 1.18. The van der Waals surface area contributed by atoms with E-state index in [0.717, 1.165) is 22.0 Å². The monoisotopic (exact) mass is 344 g/mol. The molecule has 0 amide bonds. The van der Waals surface area contributed by atoms with Crippen molar-refractivity contribution in [1.29, 1.82) is 5.26 Å². The maximum atomic E-state index is 9.53. The average molecular weight is 344 g/mol. The number of nitrogens with one attached hydrogen (secondary N) is 2. The second-order valence-corrected chi connectivity index (χ2v) is 5.79. The third-order valence-corrected chi connectivity index (χ3v) is 4.32. The summed E-state index contributed by atoms with van der Waals surface area (Å²) in [7, 11) is 3.16. The lowest BCUT2D eigenvalue weighted by Gasteiger charge is -2.14. The van der Waals surface area contributed by atoms with Crippen molar-refractivity contribution in [1.82, 2.24) is 9.97 Å². The molecular formula is C20H16N4O2. The molecule has 0 saturated heterocycles. The first-order valence-corrected chi connectivity index (χ1v) is 8.02. The smallest absolute Gasteiger partial charge is 0.162 e. The second kappa shape index (κ2) is 6.30. The first kappa shape index (κ1) is 15.8. The molecule has 2 aromatic carbocycles. The van der Waals surface area contributed by atoms with Crippen LogP contribution in [0.15, 0.2) is 48.8 Å². The van der Waals surface area contributed by atoms with Crippen molar-refractivity contribution in [2.75, 3.05) is 19.5 Å². The minimum Gasteiger partial charge on any atom is -0.493 e. The van der Waals surface area contributed by atoms with Gasteiger partial charge in [-0.3, -0.25) is 4.98 Å². The fourth-order valence-electron chi connectivity index (χ4n) is 3.01. The molecule has 0 aliphatic carbocycles. The van der Waals surface area contributed by atoms with Crippen LogP contribution in [-0.4, -0.2) is 24.2 Å². The summed E-state index contributed by atoms with van der Waals surface area (Å²) >= 11 is 0. The van der Waals surface area contributed by atoms with E-state index in [1.165, 1.54) is 0 Å². The molecular weight excluding hydrogens is 328 g/mol. The Bertz CT molecular complexity index is 1160. The van der Waals surface area contributed by atoms with Gasteiger partial charge in [0.1, 0.15) is 6.07 Å². The maximum Gasteiger partial charge on any atom is 0.162 e. The molecule has 6 heteroatoms. The van der Waals surface area contributed by atoms with Crippen LogP contribution in [0.4, 0.5) is 11.4 Å². The van der Waals surface area contributed by atoms with Gasteiger partial charge in [-0.25, -0.2) is 0 Å². The van der Waals surface area contributed by atoms with Crippen LogP contribution in [0.25, 0.3) is 21.8 Å². The highest BCUT2D eigenvalue weighted by Crippen LogP contribution is 2.37. The summed E-state index contributed by atoms with van der Waals surface area (Å²) in [6, 6.07) is 13.8. The molecule has 26 heavy (non-hydrogen) atoms. The van der Waals surface area contributed by atoms with Gasteiger partial charge >= 0.3 is 0 Å². The predicted molar refractivity (Wildman–Crippen MR) is 101 cm³/mol. The summed E-state index contributed by atoms with van der Waals surface area (Å²) in [5, 5.41) is 14.8. The molecule has 0 spiro atoms. The minimum atomic E-state index is 0.457. The molecule has 2 aromatic heterocycles. The lowest BCUT2D eigenvalue weighted by atomic mass is 10.1. The lowest BCUT2D eigenvalue weighted by molar-refractivity contribution is 0.356. The molecule has 2 heterocycles. The van der Waals surface area contributed by atoms with Gasteiger partial charge in [0.25, 0.3) is 0 Å². The van der Waals surface area contributed by atoms with Gasteiger partial charge in [-0.05, 0) is 30.3 Å². The van der Waals surface area contributed by atoms with Crippen LogP contribution in [0.5, 0.6) is 11.5 Å². The molecule has 0 bridgehead atoms. The van der Waals surface area contributed by atoms with Crippen LogP contribution in [0, 0.1) is 11.3 Å². The molecule has 0 atom stereocenters. The van der Waals surface area contributed by atoms with Gasteiger partial charge in [-0.15, -0.1) is 0 Å². The van der Waals surface area contributed by atoms with E-state index < -0.39 is 0 Å². The number of hydrogen-bond acceptors (Lipinski definition) is 5. The molecule has 0 fully saturated rings. The molecule has 0 saturated carbocycles. The molecule has 2 N–H and O–H groups in total. The van der Waals surface area contributed by atoms with Crippen LogP contribution in [0.3, 0.4) is 0 Å². The molecule has 0 aliphatic heterocycles. The van der Waals surface area contributed by atoms with Crippen molar-refractivity contribution in [3.8, 4) is 17.6 Å². The van der Waals surface area contributed by atoms with Crippen LogP contribution in [0.2, 0.25) is 0 Å². The van der Waals surface area contributed by atoms with Crippen LogP contribution in [0.1, 0.15) is 5.56 Å². The van der Waals surface area contributed by atoms with Gasteiger partial charge in [0, 0.05) is 40.4 Å². The van der Waals surface area contributed by atoms with Gasteiger partial charge in [0.05, 0.1) is 31.0 Å². The van der Waals surface area contributed by atoms with Gasteiger partial charge in [-0.1, -0.05) is 0 Å². The first-order valence-electron chi connectivity index (χ1n) is 8.02. The number of anilines is 2. The van der Waals surface area contributed by atoms with Crippen LogP contribution < -0.4 is 14.8 Å². The number of aromatic amines is 1. The number of rotatable bonds is 4. The van der Waals surface area contributed by atoms with Crippen molar-refractivity contribution in [3.63, 3.8) is 0 Å². The highest BCUT2D eigenvalue weighted by molar-refractivity contribution is 5.98. The number of hydrogen-bond donors (Lipinski definition) is 2. The summed E-state index contributed by atoms with van der Waals surface area (Å²) in [6.07, 6.45) is 3.46. The van der Waals surface area contributed by atoms with E-state index in [1.54, 1.807) is 26.5 Å². The molecule has 0 radical (unpaired) electrons. The second-order valence-electron chi connectivity index (χ2n) is 5.79. The van der Waals surface area contributed by atoms with Crippen molar-refractivity contribution < 1.29 is 9.47 Å². The SMILES string of the molecule is COc1cc2ncc(C#N)c(Nc3ccc4[nH]ccc4c3)c2cc1OC. The van der Waals surface area contributed by atoms with Gasteiger partial charge < -0.3 is 19.8 Å². The van der Waals surface area contributed by atoms with Crippen molar-refractivity contribution >= 4 is 33.2 Å². The van der Waals surface area contributed by atoms with E-state index in [1.807, 2.05) is 36.5 Å². The topological polar surface area (TPSA) is 83.0 Å². The number of ether oxygens (including phenoxy) is 2. The third-order valence-electron chi connectivity index (χ3n) is 4.32. The fraction of sp³-hybridized carbons (Fsp3) is 0.100. The Morgan fingerprint density at radius 1 is 1.08 bits per heavy atom. The average Bonchev–Trinajstić information content (AvgIpc) is 3.15. The molecule has 6 nitrogen and oxygen atoms in total. The highest BCUT2D eigenvalue weighted by atomic mass is 16.5. The van der Waals surface area contributed by atoms with E-state index in [-0.39, 0.29) is 0 Å². The Balaban J connectivity index is 1.89. The first-order chi connectivity index (χ1) is 12.7. The standard InChI is InChI=1S/C20H16N4O2/c1-25-18-8-15-17(9-19(18)26-2)23-11-13(10-21)20(15)24-14-3-4-16-12(7-14)5-6-22-16/h3-9,11,22H,1-2H3,(H,23,24). The number of nitrogens with zero attached hydrogens (tertiary/aromatic N) is 2. The Hall–Kier alpha value is -3.72. The van der Waals surface area contributed by atoms with Gasteiger partial charge in [0.15, 0.2) is 11.5 Å². The molecule has 4 rings (SSSR count). The van der Waals surface area contributed by atoms with E-state index >= 15 is 0 Å². The number of benzene rings is 2. The molecule has 4 aromatic rings. The van der Waals surface area contributed by atoms with Crippen LogP contribution >= 0.6 is 0 Å². The third kappa shape index (κ3) is 2.56. The molecule has 0 aliphatic rings. The summed E-state index contributed by atoms with van der Waals surface area (Å²) in [4.78, 5) is 7.55. The lowest BCUT2D eigenvalue weighted by Crippen LogP contribution is -1.98. The highest BCUT2D eigenvalue weighted by Gasteiger charge is 2.14. The van der Waals surface area contributed by atoms with E-state index in [4.69, 9.17) is 9.47 Å². The Morgan fingerprint density at radius 3 is 2.65 bits per heavy atom. The van der Waals surface area contributed by atoms with Gasteiger partial charge in [-0.2, -0.15) is 5.26 Å². The number of H-pyrrole nitrogens is 1. The normalized spacial score (nSPS) is 10.7. The number of pyridine rings is 1. The van der Waals surface area contributed by atoms with Crippen molar-refractivity contribution in [3.05, 3.63) is 54.4 Å². The quantitative estimate of drug-likeness (QED) is 0.575. The van der Waals surface area contributed by atoms with Crippen molar-refractivity contribution in [2.24, 2.45) is 0 Å². The number of aromatic nitrogens is 2. The number of nitriles is 1. The summed E-state index contributed by atoms with van der Waals surface area (Å²) < 4.78 is 10.7. The van der Waals surface area contributed by atoms with E-state index in [2.05, 4.69) is 21.4 Å². The van der Waals surface area contributed by atoms with Crippen LogP contribution in [-0.2, 0) is 0 Å². The van der Waals surface area contributed by atoms with E-state index in [0.29, 0.717) is 28.3 Å². The predicted octanol–water partition coefficient (Wildman–Crippen LogP) is 4.35. The summed E-state index contributed by atoms with van der Waals surface area (Å²) in [5.41, 5.74) is 3.80. The largest absolute Gasteiger partial charge is 0.493 e. The molecule has 0 unspecified atom stereocenters. The van der Waals surface area contributed by atoms with E-state index in [9.17, 15) is 5.26 Å². The zero-order chi connectivity index (χ0) is 18.1. The Labute approximate surface area is 150 Å². The fourth-order valence-corrected chi connectivity index (χ4v) is 3.01. The maximum absolute atomic E-state index is 9.53. The Kier molecular flexibility index (Phi) is 3.82. The molecule has 128 valence electrons. The number of methoxy groups -OCH3 is 2. The van der Waals surface area contributed by atoms with Gasteiger partial charge in [0.2, 0.25) is 0 Å². The number of fused-ring (bicyclic) bond motifs is 2. The minimum absolute atomic E-state index is 0.457. The zero-order valence-electron chi connectivity index (χ0n) is 14.3.